The maximum absolute atomic E-state index is 13.1. The van der Waals surface area contributed by atoms with Crippen molar-refractivity contribution >= 4 is 44.4 Å². The lowest BCUT2D eigenvalue weighted by Crippen LogP contribution is -2.42. The number of fused-ring (bicyclic) bond motifs is 1. The Morgan fingerprint density at radius 1 is 1.21 bits per heavy atom. The summed E-state index contributed by atoms with van der Waals surface area (Å²) in [6, 6.07) is 9.21. The highest BCUT2D eigenvalue weighted by atomic mass is 32.1. The number of anilines is 1. The molecule has 1 aromatic carbocycles. The number of carbonyl (C=O) groups excluding carboxylic acids is 3. The van der Waals surface area contributed by atoms with Crippen molar-refractivity contribution in [1.82, 2.24) is 14.9 Å². The average molecular weight is 410 g/mol. The number of thiazole rings is 1. The molecule has 1 aliphatic rings. The molecule has 3 amide bonds. The Bertz CT molecular complexity index is 1070. The van der Waals surface area contributed by atoms with E-state index in [1.54, 1.807) is 31.6 Å². The fraction of sp³-hybridized carbons (Fsp3) is 0.250. The summed E-state index contributed by atoms with van der Waals surface area (Å²) in [6.45, 7) is -0.0734. The standard InChI is InChI=1S/C20H18N4O4S/c1-28-14-5-2-6-15-19(14)22-20(29-15)24(11-13-4-3-9-21-10-13)18(27)12-23-16(25)7-8-17(23)26/h2-6,9-10H,7-8,11-12H2,1H3. The van der Waals surface area contributed by atoms with Gasteiger partial charge in [0.05, 0.1) is 18.4 Å². The first kappa shape index (κ1) is 19.0. The van der Waals surface area contributed by atoms with E-state index < -0.39 is 0 Å². The molecule has 0 bridgehead atoms. The van der Waals surface area contributed by atoms with Crippen LogP contribution in [0.25, 0.3) is 10.2 Å². The second-order valence-electron chi connectivity index (χ2n) is 6.52. The number of pyridine rings is 1. The van der Waals surface area contributed by atoms with E-state index in [9.17, 15) is 14.4 Å². The number of carbonyl (C=O) groups is 3. The van der Waals surface area contributed by atoms with Crippen molar-refractivity contribution in [3.05, 3.63) is 48.3 Å². The third kappa shape index (κ3) is 3.81. The monoisotopic (exact) mass is 410 g/mol. The van der Waals surface area contributed by atoms with E-state index in [-0.39, 0.29) is 43.7 Å². The topological polar surface area (TPSA) is 92.7 Å². The normalized spacial score (nSPS) is 13.9. The van der Waals surface area contributed by atoms with Gasteiger partial charge in [-0.05, 0) is 23.8 Å². The molecular formula is C20H18N4O4S. The molecule has 9 heteroatoms. The average Bonchev–Trinajstić information content (AvgIpc) is 3.31. The maximum Gasteiger partial charge on any atom is 0.249 e. The van der Waals surface area contributed by atoms with Gasteiger partial charge in [0.15, 0.2) is 5.13 Å². The smallest absolute Gasteiger partial charge is 0.249 e. The van der Waals surface area contributed by atoms with Crippen LogP contribution in [0.5, 0.6) is 5.75 Å². The predicted molar refractivity (Wildman–Crippen MR) is 108 cm³/mol. The van der Waals surface area contributed by atoms with Crippen molar-refractivity contribution in [3.63, 3.8) is 0 Å². The van der Waals surface area contributed by atoms with Crippen LogP contribution < -0.4 is 9.64 Å². The molecular weight excluding hydrogens is 392 g/mol. The largest absolute Gasteiger partial charge is 0.494 e. The molecule has 3 aromatic rings. The molecule has 1 aliphatic heterocycles. The van der Waals surface area contributed by atoms with Crippen LogP contribution in [0.2, 0.25) is 0 Å². The van der Waals surface area contributed by atoms with Crippen molar-refractivity contribution in [3.8, 4) is 5.75 Å². The van der Waals surface area contributed by atoms with E-state index in [4.69, 9.17) is 4.74 Å². The number of benzene rings is 1. The highest BCUT2D eigenvalue weighted by Gasteiger charge is 2.33. The Labute approximate surface area is 170 Å². The van der Waals surface area contributed by atoms with Crippen LogP contribution in [0.3, 0.4) is 0 Å². The predicted octanol–water partition coefficient (Wildman–Crippen LogP) is 2.38. The number of para-hydroxylation sites is 1. The highest BCUT2D eigenvalue weighted by Crippen LogP contribution is 2.34. The summed E-state index contributed by atoms with van der Waals surface area (Å²) in [4.78, 5) is 48.2. The van der Waals surface area contributed by atoms with Crippen LogP contribution in [0, 0.1) is 0 Å². The molecule has 8 nitrogen and oxygen atoms in total. The first-order valence-corrected chi connectivity index (χ1v) is 9.84. The van der Waals surface area contributed by atoms with Gasteiger partial charge in [0.1, 0.15) is 17.8 Å². The van der Waals surface area contributed by atoms with Crippen LogP contribution >= 0.6 is 11.3 Å². The van der Waals surface area contributed by atoms with Crippen molar-refractivity contribution in [2.75, 3.05) is 18.6 Å². The van der Waals surface area contributed by atoms with Crippen LogP contribution in [0.1, 0.15) is 18.4 Å². The van der Waals surface area contributed by atoms with E-state index in [0.29, 0.717) is 16.4 Å². The van der Waals surface area contributed by atoms with Crippen molar-refractivity contribution in [1.29, 1.82) is 0 Å². The van der Waals surface area contributed by atoms with Gasteiger partial charge in [0.2, 0.25) is 17.7 Å². The second kappa shape index (κ2) is 7.96. The van der Waals surface area contributed by atoms with E-state index >= 15 is 0 Å². The zero-order chi connectivity index (χ0) is 20.4. The summed E-state index contributed by atoms with van der Waals surface area (Å²) in [7, 11) is 1.57. The Kier molecular flexibility index (Phi) is 5.22. The summed E-state index contributed by atoms with van der Waals surface area (Å²) in [6.07, 6.45) is 3.61. The molecule has 0 atom stereocenters. The Balaban J connectivity index is 1.69. The molecule has 0 saturated carbocycles. The molecule has 1 fully saturated rings. The number of rotatable bonds is 6. The van der Waals surface area contributed by atoms with Gasteiger partial charge in [0.25, 0.3) is 0 Å². The molecule has 29 heavy (non-hydrogen) atoms. The van der Waals surface area contributed by atoms with E-state index in [0.717, 1.165) is 15.2 Å². The number of likely N-dealkylation sites (tertiary alicyclic amines) is 1. The number of hydrogen-bond donors (Lipinski definition) is 0. The number of imide groups is 1. The van der Waals surface area contributed by atoms with Gasteiger partial charge in [-0.15, -0.1) is 0 Å². The fourth-order valence-corrected chi connectivity index (χ4v) is 4.15. The fourth-order valence-electron chi connectivity index (χ4n) is 3.15. The molecule has 1 saturated heterocycles. The summed E-state index contributed by atoms with van der Waals surface area (Å²) >= 11 is 1.35. The minimum atomic E-state index is -0.379. The van der Waals surface area contributed by atoms with Crippen molar-refractivity contribution in [2.24, 2.45) is 0 Å². The molecule has 4 rings (SSSR count). The lowest BCUT2D eigenvalue weighted by molar-refractivity contribution is -0.141. The first-order chi connectivity index (χ1) is 14.1. The minimum Gasteiger partial charge on any atom is -0.494 e. The zero-order valence-electron chi connectivity index (χ0n) is 15.7. The first-order valence-electron chi connectivity index (χ1n) is 9.03. The Morgan fingerprint density at radius 3 is 2.69 bits per heavy atom. The number of hydrogen-bond acceptors (Lipinski definition) is 7. The summed E-state index contributed by atoms with van der Waals surface area (Å²) in [5.41, 5.74) is 1.47. The third-order valence-electron chi connectivity index (χ3n) is 4.63. The van der Waals surface area contributed by atoms with E-state index in [1.165, 1.54) is 16.2 Å². The summed E-state index contributed by atoms with van der Waals surface area (Å²) < 4.78 is 6.24. The quantitative estimate of drug-likeness (QED) is 0.580. The SMILES string of the molecule is COc1cccc2sc(N(Cc3cccnc3)C(=O)CN3C(=O)CCC3=O)nc12. The third-order valence-corrected chi connectivity index (χ3v) is 5.68. The number of nitrogens with zero attached hydrogens (tertiary/aromatic N) is 4. The molecule has 0 radical (unpaired) electrons. The van der Waals surface area contributed by atoms with E-state index in [2.05, 4.69) is 9.97 Å². The Hall–Kier alpha value is -3.33. The molecule has 0 aliphatic carbocycles. The second-order valence-corrected chi connectivity index (χ2v) is 7.53. The van der Waals surface area contributed by atoms with Crippen LogP contribution in [0.15, 0.2) is 42.7 Å². The van der Waals surface area contributed by atoms with Gasteiger partial charge in [-0.2, -0.15) is 0 Å². The molecule has 0 N–H and O–H groups in total. The lowest BCUT2D eigenvalue weighted by Gasteiger charge is -2.22. The molecule has 0 spiro atoms. The Morgan fingerprint density at radius 2 is 2.00 bits per heavy atom. The number of ether oxygens (including phenoxy) is 1. The molecule has 3 heterocycles. The van der Waals surface area contributed by atoms with Crippen LogP contribution in [-0.2, 0) is 20.9 Å². The van der Waals surface area contributed by atoms with Gasteiger partial charge in [-0.25, -0.2) is 4.98 Å². The molecule has 2 aromatic heterocycles. The van der Waals surface area contributed by atoms with Crippen LogP contribution in [-0.4, -0.2) is 46.2 Å². The zero-order valence-corrected chi connectivity index (χ0v) is 16.5. The summed E-state index contributed by atoms with van der Waals surface area (Å²) in [5, 5.41) is 0.470. The van der Waals surface area contributed by atoms with Crippen LogP contribution in [0.4, 0.5) is 5.13 Å². The molecule has 148 valence electrons. The maximum atomic E-state index is 13.1. The van der Waals surface area contributed by atoms with Gasteiger partial charge in [-0.1, -0.05) is 23.5 Å². The number of amides is 3. The summed E-state index contributed by atoms with van der Waals surface area (Å²) in [5.74, 6) is -0.412. The van der Waals surface area contributed by atoms with Crippen molar-refractivity contribution < 1.29 is 19.1 Å². The highest BCUT2D eigenvalue weighted by molar-refractivity contribution is 7.22. The van der Waals surface area contributed by atoms with Gasteiger partial charge in [0, 0.05) is 25.2 Å². The van der Waals surface area contributed by atoms with E-state index in [1.807, 2.05) is 18.2 Å². The van der Waals surface area contributed by atoms with Gasteiger partial charge < -0.3 is 4.74 Å². The number of aromatic nitrogens is 2. The van der Waals surface area contributed by atoms with Gasteiger partial charge in [-0.3, -0.25) is 29.2 Å². The van der Waals surface area contributed by atoms with Crippen molar-refractivity contribution in [2.45, 2.75) is 19.4 Å². The van der Waals surface area contributed by atoms with Gasteiger partial charge >= 0.3 is 0 Å². The molecule has 0 unspecified atom stereocenters. The minimum absolute atomic E-state index is 0.146. The number of methoxy groups -OCH3 is 1. The lowest BCUT2D eigenvalue weighted by atomic mass is 10.2.